The molecule has 1 aromatic rings. The van der Waals surface area contributed by atoms with Crippen LogP contribution in [0.1, 0.15) is 38.5 Å². The van der Waals surface area contributed by atoms with Gasteiger partial charge in [0.05, 0.1) is 7.11 Å². The quantitative estimate of drug-likeness (QED) is 0.862. The lowest BCUT2D eigenvalue weighted by Gasteiger charge is -2.23. The number of carbonyl (C=O) groups is 2. The molecule has 3 amide bonds. The minimum absolute atomic E-state index is 0.102. The van der Waals surface area contributed by atoms with Gasteiger partial charge in [-0.05, 0) is 37.1 Å². The van der Waals surface area contributed by atoms with Crippen molar-refractivity contribution in [3.05, 3.63) is 24.3 Å². The molecule has 2 fully saturated rings. The van der Waals surface area contributed by atoms with Gasteiger partial charge in [0.1, 0.15) is 5.75 Å². The van der Waals surface area contributed by atoms with Crippen LogP contribution in [0.2, 0.25) is 0 Å². The number of ether oxygens (including phenoxy) is 1. The fourth-order valence-electron chi connectivity index (χ4n) is 3.65. The molecule has 1 aromatic carbocycles. The number of rotatable bonds is 5. The third-order valence-corrected chi connectivity index (χ3v) is 5.08. The zero-order valence-corrected chi connectivity index (χ0v) is 14.8. The van der Waals surface area contributed by atoms with Crippen LogP contribution in [0.5, 0.6) is 5.75 Å². The third kappa shape index (κ3) is 4.65. The number of nitrogens with zero attached hydrogens (tertiary/aromatic N) is 1. The molecule has 6 heteroatoms. The minimum atomic E-state index is -0.109. The number of anilines is 1. The van der Waals surface area contributed by atoms with Crippen LogP contribution < -0.4 is 20.3 Å². The van der Waals surface area contributed by atoms with Crippen molar-refractivity contribution in [1.29, 1.82) is 0 Å². The molecule has 2 aliphatic rings. The number of carbonyl (C=O) groups excluding carboxylic acids is 2. The van der Waals surface area contributed by atoms with E-state index in [4.69, 9.17) is 4.74 Å². The normalized spacial score (nSPS) is 21.2. The predicted molar refractivity (Wildman–Crippen MR) is 96.9 cm³/mol. The van der Waals surface area contributed by atoms with Gasteiger partial charge in [0.15, 0.2) is 0 Å². The topological polar surface area (TPSA) is 70.7 Å². The molecule has 0 radical (unpaired) electrons. The molecule has 0 aromatic heterocycles. The summed E-state index contributed by atoms with van der Waals surface area (Å²) in [5.74, 6) is 1.02. The Hall–Kier alpha value is -2.24. The highest BCUT2D eigenvalue weighted by Crippen LogP contribution is 2.26. The zero-order valence-electron chi connectivity index (χ0n) is 14.8. The van der Waals surface area contributed by atoms with Crippen LogP contribution in [0.25, 0.3) is 0 Å². The highest BCUT2D eigenvalue weighted by molar-refractivity contribution is 5.95. The van der Waals surface area contributed by atoms with Crippen LogP contribution >= 0.6 is 0 Å². The Labute approximate surface area is 148 Å². The summed E-state index contributed by atoms with van der Waals surface area (Å²) in [5, 5.41) is 5.98. The maximum Gasteiger partial charge on any atom is 0.315 e. The first-order valence-electron chi connectivity index (χ1n) is 9.14. The first-order chi connectivity index (χ1) is 12.2. The van der Waals surface area contributed by atoms with E-state index in [0.29, 0.717) is 25.6 Å². The van der Waals surface area contributed by atoms with Gasteiger partial charge in [-0.3, -0.25) is 4.79 Å². The van der Waals surface area contributed by atoms with Gasteiger partial charge in [-0.2, -0.15) is 0 Å². The van der Waals surface area contributed by atoms with E-state index in [-0.39, 0.29) is 17.9 Å². The van der Waals surface area contributed by atoms with Crippen LogP contribution in [0, 0.1) is 5.92 Å². The molecule has 1 aliphatic carbocycles. The van der Waals surface area contributed by atoms with Crippen molar-refractivity contribution in [2.75, 3.05) is 25.1 Å². The predicted octanol–water partition coefficient (Wildman–Crippen LogP) is 2.68. The number of urea groups is 1. The lowest BCUT2D eigenvalue weighted by atomic mass is 9.96. The average Bonchev–Trinajstić information content (AvgIpc) is 3.02. The van der Waals surface area contributed by atoms with Crippen molar-refractivity contribution >= 4 is 17.6 Å². The van der Waals surface area contributed by atoms with Gasteiger partial charge in [-0.15, -0.1) is 0 Å². The highest BCUT2D eigenvalue weighted by Gasteiger charge is 2.30. The Morgan fingerprint density at radius 3 is 2.60 bits per heavy atom. The third-order valence-electron chi connectivity index (χ3n) is 5.08. The van der Waals surface area contributed by atoms with E-state index in [1.165, 1.54) is 19.3 Å². The Balaban J connectivity index is 1.46. The molecule has 0 spiro atoms. The van der Waals surface area contributed by atoms with E-state index in [0.717, 1.165) is 24.3 Å². The van der Waals surface area contributed by atoms with E-state index in [9.17, 15) is 9.59 Å². The summed E-state index contributed by atoms with van der Waals surface area (Å²) in [5.41, 5.74) is 0.875. The summed E-state index contributed by atoms with van der Waals surface area (Å²) in [6.07, 6.45) is 6.26. The van der Waals surface area contributed by atoms with Crippen molar-refractivity contribution in [2.24, 2.45) is 5.92 Å². The van der Waals surface area contributed by atoms with Gasteiger partial charge in [-0.25, -0.2) is 4.79 Å². The van der Waals surface area contributed by atoms with Crippen molar-refractivity contribution in [3.8, 4) is 5.75 Å². The van der Waals surface area contributed by atoms with Crippen LogP contribution in [0.4, 0.5) is 10.5 Å². The standard InChI is InChI=1S/C19H27N3O3/c1-25-17-9-7-16(8-10-17)22-13-14(11-18(22)23)12-20-19(24)21-15-5-3-2-4-6-15/h7-10,14-15H,2-6,11-13H2,1H3,(H2,20,21,24)/t14-/m0/s1. The summed E-state index contributed by atoms with van der Waals surface area (Å²) in [4.78, 5) is 26.1. The average molecular weight is 345 g/mol. The van der Waals surface area contributed by atoms with E-state index in [1.54, 1.807) is 12.0 Å². The fourth-order valence-corrected chi connectivity index (χ4v) is 3.65. The van der Waals surface area contributed by atoms with Crippen LogP contribution in [0.3, 0.4) is 0 Å². The fraction of sp³-hybridized carbons (Fsp3) is 0.579. The Morgan fingerprint density at radius 2 is 1.92 bits per heavy atom. The number of nitrogens with one attached hydrogen (secondary N) is 2. The molecule has 0 bridgehead atoms. The van der Waals surface area contributed by atoms with Gasteiger partial charge in [0.25, 0.3) is 0 Å². The molecular weight excluding hydrogens is 318 g/mol. The van der Waals surface area contributed by atoms with Crippen molar-refractivity contribution in [1.82, 2.24) is 10.6 Å². The second kappa shape index (κ2) is 8.23. The molecule has 6 nitrogen and oxygen atoms in total. The molecule has 1 aliphatic heterocycles. The summed E-state index contributed by atoms with van der Waals surface area (Å²) in [6, 6.07) is 7.68. The van der Waals surface area contributed by atoms with Crippen molar-refractivity contribution in [2.45, 2.75) is 44.6 Å². The number of hydrogen-bond acceptors (Lipinski definition) is 3. The maximum atomic E-state index is 12.3. The summed E-state index contributed by atoms with van der Waals surface area (Å²) in [6.45, 7) is 1.16. The van der Waals surface area contributed by atoms with Crippen molar-refractivity contribution < 1.29 is 14.3 Å². The molecule has 1 saturated carbocycles. The molecule has 1 saturated heterocycles. The minimum Gasteiger partial charge on any atom is -0.497 e. The van der Waals surface area contributed by atoms with Crippen LogP contribution in [0.15, 0.2) is 24.3 Å². The summed E-state index contributed by atoms with van der Waals surface area (Å²) < 4.78 is 5.15. The SMILES string of the molecule is COc1ccc(N2C[C@H](CNC(=O)NC3CCCCC3)CC2=O)cc1. The Kier molecular flexibility index (Phi) is 5.79. The lowest BCUT2D eigenvalue weighted by molar-refractivity contribution is -0.117. The molecule has 0 unspecified atom stereocenters. The second-order valence-corrected chi connectivity index (χ2v) is 6.96. The van der Waals surface area contributed by atoms with Crippen molar-refractivity contribution in [3.63, 3.8) is 0 Å². The first kappa shape index (κ1) is 17.6. The Bertz CT molecular complexity index is 596. The number of amides is 3. The van der Waals surface area contributed by atoms with Crippen LogP contribution in [-0.4, -0.2) is 38.2 Å². The summed E-state index contributed by atoms with van der Waals surface area (Å²) >= 11 is 0. The Morgan fingerprint density at radius 1 is 1.20 bits per heavy atom. The van der Waals surface area contributed by atoms with E-state index in [2.05, 4.69) is 10.6 Å². The monoisotopic (exact) mass is 345 g/mol. The smallest absolute Gasteiger partial charge is 0.315 e. The molecule has 1 heterocycles. The molecular formula is C19H27N3O3. The summed E-state index contributed by atoms with van der Waals surface area (Å²) in [7, 11) is 1.62. The van der Waals surface area contributed by atoms with Gasteiger partial charge >= 0.3 is 6.03 Å². The molecule has 25 heavy (non-hydrogen) atoms. The molecule has 1 atom stereocenters. The number of benzene rings is 1. The maximum absolute atomic E-state index is 12.3. The second-order valence-electron chi connectivity index (χ2n) is 6.96. The van der Waals surface area contributed by atoms with E-state index in [1.807, 2.05) is 24.3 Å². The van der Waals surface area contributed by atoms with Gasteiger partial charge in [0, 0.05) is 37.2 Å². The van der Waals surface area contributed by atoms with Gasteiger partial charge < -0.3 is 20.3 Å². The van der Waals surface area contributed by atoms with E-state index < -0.39 is 0 Å². The molecule has 2 N–H and O–H groups in total. The van der Waals surface area contributed by atoms with Gasteiger partial charge in [0.2, 0.25) is 5.91 Å². The van der Waals surface area contributed by atoms with Gasteiger partial charge in [-0.1, -0.05) is 19.3 Å². The molecule has 3 rings (SSSR count). The zero-order chi connectivity index (χ0) is 17.6. The highest BCUT2D eigenvalue weighted by atomic mass is 16.5. The number of hydrogen-bond donors (Lipinski definition) is 2. The number of methoxy groups -OCH3 is 1. The van der Waals surface area contributed by atoms with E-state index >= 15 is 0 Å². The first-order valence-corrected chi connectivity index (χ1v) is 9.14. The van der Waals surface area contributed by atoms with Crippen LogP contribution in [-0.2, 0) is 4.79 Å². The molecule has 136 valence electrons. The lowest BCUT2D eigenvalue weighted by Crippen LogP contribution is -2.44. The largest absolute Gasteiger partial charge is 0.497 e.